The van der Waals surface area contributed by atoms with E-state index in [0.717, 1.165) is 17.2 Å². The molecule has 0 fully saturated rings. The monoisotopic (exact) mass is 479 g/mol. The van der Waals surface area contributed by atoms with Gasteiger partial charge in [0.1, 0.15) is 23.8 Å². The molecule has 0 aliphatic rings. The van der Waals surface area contributed by atoms with Crippen LogP contribution in [0.1, 0.15) is 22.6 Å². The molecule has 11 heteroatoms. The summed E-state index contributed by atoms with van der Waals surface area (Å²) in [5.41, 5.74) is -4.48. The molecule has 1 heterocycles. The second-order valence-corrected chi connectivity index (χ2v) is 7.44. The molecule has 0 saturated carbocycles. The van der Waals surface area contributed by atoms with E-state index in [0.29, 0.717) is 29.5 Å². The molecule has 0 unspecified atom stereocenters. The predicted octanol–water partition coefficient (Wildman–Crippen LogP) is 6.50. The molecule has 3 aromatic rings. The Kier molecular flexibility index (Phi) is 6.23. The standard InChI is InChI=1S/C21H16ClF6NO3/c1-11-4-3-5-13(8-11)18-29-16(12(2)32-18)10-31-17-7-6-14(9-15(17)22)19(30,20(23,24)25)21(26,27)28/h3-9,30H,10H2,1-2H3. The van der Waals surface area contributed by atoms with Crippen molar-refractivity contribution >= 4 is 11.6 Å². The number of nitrogens with zero attached hydrogens (tertiary/aromatic N) is 1. The number of benzene rings is 2. The van der Waals surface area contributed by atoms with Crippen molar-refractivity contribution in [3.8, 4) is 17.2 Å². The minimum atomic E-state index is -6.01. The molecule has 0 aliphatic carbocycles. The molecule has 0 bridgehead atoms. The number of hydrogen-bond acceptors (Lipinski definition) is 4. The van der Waals surface area contributed by atoms with Crippen LogP contribution in [-0.4, -0.2) is 22.4 Å². The van der Waals surface area contributed by atoms with Crippen molar-refractivity contribution in [3.05, 3.63) is 70.1 Å². The number of aryl methyl sites for hydroxylation is 2. The van der Waals surface area contributed by atoms with Crippen LogP contribution in [0.15, 0.2) is 46.9 Å². The minimum absolute atomic E-state index is 0.193. The molecular weight excluding hydrogens is 464 g/mol. The van der Waals surface area contributed by atoms with Crippen LogP contribution in [0.25, 0.3) is 11.5 Å². The van der Waals surface area contributed by atoms with Crippen LogP contribution in [-0.2, 0) is 12.2 Å². The highest BCUT2D eigenvalue weighted by atomic mass is 35.5. The van der Waals surface area contributed by atoms with Gasteiger partial charge in [-0.2, -0.15) is 26.3 Å². The maximum Gasteiger partial charge on any atom is 0.430 e. The van der Waals surface area contributed by atoms with Crippen molar-refractivity contribution < 1.29 is 40.6 Å². The van der Waals surface area contributed by atoms with Crippen molar-refractivity contribution in [1.82, 2.24) is 4.98 Å². The third-order valence-electron chi connectivity index (χ3n) is 4.69. The van der Waals surface area contributed by atoms with Crippen LogP contribution in [0.2, 0.25) is 5.02 Å². The average molecular weight is 480 g/mol. The van der Waals surface area contributed by atoms with E-state index >= 15 is 0 Å². The second-order valence-electron chi connectivity index (χ2n) is 7.03. The molecule has 0 radical (unpaired) electrons. The van der Waals surface area contributed by atoms with Gasteiger partial charge < -0.3 is 14.3 Å². The second kappa shape index (κ2) is 8.32. The molecule has 1 N–H and O–H groups in total. The van der Waals surface area contributed by atoms with Crippen LogP contribution < -0.4 is 4.74 Å². The summed E-state index contributed by atoms with van der Waals surface area (Å²) in [6.07, 6.45) is -12.0. The van der Waals surface area contributed by atoms with E-state index in [1.165, 1.54) is 0 Å². The minimum Gasteiger partial charge on any atom is -0.486 e. The summed E-state index contributed by atoms with van der Waals surface area (Å²) < 4.78 is 89.2. The van der Waals surface area contributed by atoms with E-state index in [1.54, 1.807) is 13.0 Å². The third kappa shape index (κ3) is 4.42. The first-order valence-corrected chi connectivity index (χ1v) is 9.44. The summed E-state index contributed by atoms with van der Waals surface area (Å²) in [5, 5.41) is 8.93. The number of aromatic nitrogens is 1. The Morgan fingerprint density at radius 1 is 1.00 bits per heavy atom. The topological polar surface area (TPSA) is 55.5 Å². The summed E-state index contributed by atoms with van der Waals surface area (Å²) in [4.78, 5) is 4.32. The molecule has 4 nitrogen and oxygen atoms in total. The first-order chi connectivity index (χ1) is 14.7. The lowest BCUT2D eigenvalue weighted by molar-refractivity contribution is -0.376. The number of alkyl halides is 6. The van der Waals surface area contributed by atoms with Gasteiger partial charge in [0.25, 0.3) is 5.60 Å². The van der Waals surface area contributed by atoms with Crippen molar-refractivity contribution in [3.63, 3.8) is 0 Å². The Balaban J connectivity index is 1.83. The van der Waals surface area contributed by atoms with Gasteiger partial charge in [-0.1, -0.05) is 35.4 Å². The molecule has 0 spiro atoms. The highest BCUT2D eigenvalue weighted by molar-refractivity contribution is 6.32. The van der Waals surface area contributed by atoms with Gasteiger partial charge in [-0.15, -0.1) is 0 Å². The fourth-order valence-electron chi connectivity index (χ4n) is 2.94. The molecule has 1 aromatic heterocycles. The maximum atomic E-state index is 13.0. The molecule has 32 heavy (non-hydrogen) atoms. The highest BCUT2D eigenvalue weighted by Crippen LogP contribution is 2.50. The van der Waals surface area contributed by atoms with Crippen LogP contribution in [0.5, 0.6) is 5.75 Å². The van der Waals surface area contributed by atoms with Crippen molar-refractivity contribution in [1.29, 1.82) is 0 Å². The van der Waals surface area contributed by atoms with Crippen molar-refractivity contribution in [2.45, 2.75) is 38.4 Å². The Hall–Kier alpha value is -2.72. The fourth-order valence-corrected chi connectivity index (χ4v) is 3.18. The van der Waals surface area contributed by atoms with E-state index in [9.17, 15) is 31.4 Å². The largest absolute Gasteiger partial charge is 0.486 e. The zero-order chi connectivity index (χ0) is 23.9. The molecule has 0 atom stereocenters. The number of ether oxygens (including phenoxy) is 1. The van der Waals surface area contributed by atoms with Gasteiger partial charge in [0.15, 0.2) is 0 Å². The molecule has 172 valence electrons. The Labute approximate surface area is 183 Å². The summed E-state index contributed by atoms with van der Waals surface area (Å²) >= 11 is 5.85. The van der Waals surface area contributed by atoms with Gasteiger partial charge in [0, 0.05) is 11.1 Å². The maximum absolute atomic E-state index is 13.0. The molecule has 3 rings (SSSR count). The number of hydrogen-bond donors (Lipinski definition) is 1. The summed E-state index contributed by atoms with van der Waals surface area (Å²) in [5.74, 6) is 0.547. The van der Waals surface area contributed by atoms with E-state index in [1.807, 2.05) is 25.1 Å². The van der Waals surface area contributed by atoms with E-state index in [4.69, 9.17) is 20.8 Å². The Bertz CT molecular complexity index is 1110. The fraction of sp³-hybridized carbons (Fsp3) is 0.286. The molecular formula is C21H16ClF6NO3. The first-order valence-electron chi connectivity index (χ1n) is 9.06. The van der Waals surface area contributed by atoms with Crippen LogP contribution in [0, 0.1) is 13.8 Å². The van der Waals surface area contributed by atoms with E-state index in [2.05, 4.69) is 4.98 Å². The first kappa shape index (κ1) is 23.9. The number of aliphatic hydroxyl groups is 1. The molecule has 0 saturated heterocycles. The van der Waals surface area contributed by atoms with Crippen molar-refractivity contribution in [2.24, 2.45) is 0 Å². The molecule has 0 amide bonds. The normalized spacial score (nSPS) is 12.8. The zero-order valence-electron chi connectivity index (χ0n) is 16.6. The van der Waals surface area contributed by atoms with Gasteiger partial charge in [-0.05, 0) is 38.1 Å². The molecule has 2 aromatic carbocycles. The lowest BCUT2D eigenvalue weighted by Gasteiger charge is -2.32. The zero-order valence-corrected chi connectivity index (χ0v) is 17.4. The number of rotatable bonds is 5. The van der Waals surface area contributed by atoms with E-state index in [-0.39, 0.29) is 12.4 Å². The van der Waals surface area contributed by atoms with Gasteiger partial charge in [0.2, 0.25) is 5.89 Å². The highest BCUT2D eigenvalue weighted by Gasteiger charge is 2.71. The van der Waals surface area contributed by atoms with Crippen molar-refractivity contribution in [2.75, 3.05) is 0 Å². The summed E-state index contributed by atoms with van der Waals surface area (Å²) in [6, 6.07) is 9.01. The lowest BCUT2D eigenvalue weighted by atomic mass is 9.92. The van der Waals surface area contributed by atoms with Crippen LogP contribution in [0.3, 0.4) is 0 Å². The van der Waals surface area contributed by atoms with Gasteiger partial charge in [0.05, 0.1) is 5.02 Å². The Morgan fingerprint density at radius 3 is 2.22 bits per heavy atom. The van der Waals surface area contributed by atoms with Crippen LogP contribution in [0.4, 0.5) is 26.3 Å². The quantitative estimate of drug-likeness (QED) is 0.424. The average Bonchev–Trinajstić information content (AvgIpc) is 3.05. The SMILES string of the molecule is Cc1cccc(-c2nc(COc3ccc(C(O)(C(F)(F)F)C(F)(F)F)cc3Cl)c(C)o2)c1. The molecule has 0 aliphatic heterocycles. The number of oxazole rings is 1. The lowest BCUT2D eigenvalue weighted by Crippen LogP contribution is -2.53. The third-order valence-corrected chi connectivity index (χ3v) is 4.99. The van der Waals surface area contributed by atoms with Gasteiger partial charge in [-0.3, -0.25) is 0 Å². The predicted molar refractivity (Wildman–Crippen MR) is 103 cm³/mol. The van der Waals surface area contributed by atoms with E-state index < -0.39 is 28.5 Å². The number of halogens is 7. The van der Waals surface area contributed by atoms with Gasteiger partial charge in [-0.25, -0.2) is 4.98 Å². The summed E-state index contributed by atoms with van der Waals surface area (Å²) in [7, 11) is 0. The smallest absolute Gasteiger partial charge is 0.430 e. The summed E-state index contributed by atoms with van der Waals surface area (Å²) in [6.45, 7) is 3.32. The Morgan fingerprint density at radius 2 is 1.66 bits per heavy atom. The van der Waals surface area contributed by atoms with Gasteiger partial charge >= 0.3 is 12.4 Å². The van der Waals surface area contributed by atoms with Crippen LogP contribution >= 0.6 is 11.6 Å².